The van der Waals surface area contributed by atoms with Crippen LogP contribution in [0.5, 0.6) is 0 Å². The standard InChI is InChI=1S/C14H10Br2ClFO/c15-10-5-4-8(6-11(10)16)13(19)7-9-2-1-3-12(18)14(9)17/h1-6,13,19H,7H2. The predicted octanol–water partition coefficient (Wildman–Crippen LogP) is 5.28. The van der Waals surface area contributed by atoms with E-state index in [0.29, 0.717) is 5.56 Å². The van der Waals surface area contributed by atoms with E-state index in [4.69, 9.17) is 11.6 Å². The molecule has 0 amide bonds. The lowest BCUT2D eigenvalue weighted by Crippen LogP contribution is -2.03. The zero-order valence-corrected chi connectivity index (χ0v) is 13.6. The molecule has 2 rings (SSSR count). The molecule has 0 aromatic heterocycles. The van der Waals surface area contributed by atoms with Crippen LogP contribution < -0.4 is 0 Å². The Bertz CT molecular complexity index is 604. The topological polar surface area (TPSA) is 20.2 Å². The summed E-state index contributed by atoms with van der Waals surface area (Å²) in [6, 6.07) is 10.1. The smallest absolute Gasteiger partial charge is 0.142 e. The Morgan fingerprint density at radius 3 is 2.58 bits per heavy atom. The molecule has 0 saturated heterocycles. The van der Waals surface area contributed by atoms with Gasteiger partial charge in [0, 0.05) is 15.4 Å². The van der Waals surface area contributed by atoms with Gasteiger partial charge in [-0.3, -0.25) is 0 Å². The van der Waals surface area contributed by atoms with Gasteiger partial charge in [-0.1, -0.05) is 29.8 Å². The Morgan fingerprint density at radius 2 is 1.89 bits per heavy atom. The number of aliphatic hydroxyl groups is 1. The Kier molecular flexibility index (Phi) is 5.01. The van der Waals surface area contributed by atoms with Crippen molar-refractivity contribution >= 4 is 43.5 Å². The zero-order valence-electron chi connectivity index (χ0n) is 9.71. The lowest BCUT2D eigenvalue weighted by Gasteiger charge is -2.13. The summed E-state index contributed by atoms with van der Waals surface area (Å²) in [4.78, 5) is 0. The molecule has 0 aliphatic rings. The van der Waals surface area contributed by atoms with Crippen LogP contribution in [0.15, 0.2) is 45.3 Å². The Labute approximate surface area is 132 Å². The van der Waals surface area contributed by atoms with Crippen LogP contribution >= 0.6 is 43.5 Å². The molecule has 19 heavy (non-hydrogen) atoms. The number of halogens is 4. The van der Waals surface area contributed by atoms with Gasteiger partial charge in [-0.05, 0) is 61.2 Å². The second-order valence-corrected chi connectivity index (χ2v) is 6.19. The molecule has 0 fully saturated rings. The molecular formula is C14H10Br2ClFO. The van der Waals surface area contributed by atoms with Crippen LogP contribution in [0.3, 0.4) is 0 Å². The van der Waals surface area contributed by atoms with E-state index in [0.717, 1.165) is 14.5 Å². The molecule has 5 heteroatoms. The van der Waals surface area contributed by atoms with Crippen LogP contribution in [0.1, 0.15) is 17.2 Å². The number of rotatable bonds is 3. The quantitative estimate of drug-likeness (QED) is 0.733. The van der Waals surface area contributed by atoms with Gasteiger partial charge in [-0.15, -0.1) is 0 Å². The van der Waals surface area contributed by atoms with Gasteiger partial charge < -0.3 is 5.11 Å². The summed E-state index contributed by atoms with van der Waals surface area (Å²) in [6.45, 7) is 0. The predicted molar refractivity (Wildman–Crippen MR) is 81.9 cm³/mol. The molecule has 0 spiro atoms. The van der Waals surface area contributed by atoms with E-state index < -0.39 is 11.9 Å². The van der Waals surface area contributed by atoms with E-state index >= 15 is 0 Å². The van der Waals surface area contributed by atoms with Crippen molar-refractivity contribution in [1.82, 2.24) is 0 Å². The third-order valence-electron chi connectivity index (χ3n) is 2.77. The summed E-state index contributed by atoms with van der Waals surface area (Å²) < 4.78 is 15.1. The highest BCUT2D eigenvalue weighted by Crippen LogP contribution is 2.29. The Morgan fingerprint density at radius 1 is 1.16 bits per heavy atom. The Hall–Kier alpha value is -0.420. The van der Waals surface area contributed by atoms with Gasteiger partial charge in [-0.2, -0.15) is 0 Å². The molecule has 2 aromatic rings. The highest BCUT2D eigenvalue weighted by atomic mass is 79.9. The van der Waals surface area contributed by atoms with E-state index in [1.165, 1.54) is 6.07 Å². The lowest BCUT2D eigenvalue weighted by atomic mass is 10.0. The first-order valence-electron chi connectivity index (χ1n) is 5.55. The van der Waals surface area contributed by atoms with E-state index in [2.05, 4.69) is 31.9 Å². The largest absolute Gasteiger partial charge is 0.388 e. The molecule has 2 aromatic carbocycles. The Balaban J connectivity index is 2.23. The third kappa shape index (κ3) is 3.57. The summed E-state index contributed by atoms with van der Waals surface area (Å²) in [6.07, 6.45) is -0.464. The second-order valence-electron chi connectivity index (χ2n) is 4.11. The van der Waals surface area contributed by atoms with Crippen LogP contribution in [0.4, 0.5) is 4.39 Å². The molecule has 0 aliphatic carbocycles. The lowest BCUT2D eigenvalue weighted by molar-refractivity contribution is 0.178. The molecule has 100 valence electrons. The van der Waals surface area contributed by atoms with Crippen molar-refractivity contribution < 1.29 is 9.50 Å². The summed E-state index contributed by atoms with van der Waals surface area (Å²) in [7, 11) is 0. The molecule has 1 nitrogen and oxygen atoms in total. The second kappa shape index (κ2) is 6.35. The zero-order chi connectivity index (χ0) is 14.0. The fourth-order valence-corrected chi connectivity index (χ4v) is 2.60. The maximum Gasteiger partial charge on any atom is 0.142 e. The van der Waals surface area contributed by atoms with E-state index in [1.54, 1.807) is 12.1 Å². The molecular weight excluding hydrogens is 398 g/mol. The molecule has 0 aliphatic heterocycles. The van der Waals surface area contributed by atoms with E-state index in [9.17, 15) is 9.50 Å². The first-order chi connectivity index (χ1) is 8.99. The van der Waals surface area contributed by atoms with E-state index in [-0.39, 0.29) is 11.4 Å². The van der Waals surface area contributed by atoms with Gasteiger partial charge in [0.2, 0.25) is 0 Å². The molecule has 1 atom stereocenters. The van der Waals surface area contributed by atoms with Crippen molar-refractivity contribution in [1.29, 1.82) is 0 Å². The van der Waals surface area contributed by atoms with Gasteiger partial charge in [0.15, 0.2) is 0 Å². The fourth-order valence-electron chi connectivity index (χ4n) is 1.75. The highest BCUT2D eigenvalue weighted by Gasteiger charge is 2.13. The molecule has 0 saturated carbocycles. The van der Waals surface area contributed by atoms with Gasteiger partial charge in [0.05, 0.1) is 11.1 Å². The summed E-state index contributed by atoms with van der Waals surface area (Å²) in [5, 5.41) is 10.3. The van der Waals surface area contributed by atoms with E-state index in [1.807, 2.05) is 18.2 Å². The number of hydrogen-bond acceptors (Lipinski definition) is 1. The van der Waals surface area contributed by atoms with Crippen LogP contribution in [-0.4, -0.2) is 5.11 Å². The maximum atomic E-state index is 13.3. The first kappa shape index (κ1) is 15.0. The average Bonchev–Trinajstić information content (AvgIpc) is 2.38. The summed E-state index contributed by atoms with van der Waals surface area (Å²) in [5.74, 6) is -0.469. The minimum Gasteiger partial charge on any atom is -0.388 e. The monoisotopic (exact) mass is 406 g/mol. The molecule has 0 bridgehead atoms. The summed E-state index contributed by atoms with van der Waals surface area (Å²) in [5.41, 5.74) is 1.34. The first-order valence-corrected chi connectivity index (χ1v) is 7.51. The van der Waals surface area contributed by atoms with Crippen molar-refractivity contribution in [3.05, 3.63) is 67.3 Å². The minimum absolute atomic E-state index is 0.0673. The number of hydrogen-bond donors (Lipinski definition) is 1. The van der Waals surface area contributed by atoms with Crippen molar-refractivity contribution in [3.63, 3.8) is 0 Å². The highest BCUT2D eigenvalue weighted by molar-refractivity contribution is 9.13. The van der Waals surface area contributed by atoms with Crippen LogP contribution in [-0.2, 0) is 6.42 Å². The third-order valence-corrected chi connectivity index (χ3v) is 5.08. The SMILES string of the molecule is OC(Cc1cccc(F)c1Cl)c1ccc(Br)c(Br)c1. The van der Waals surface area contributed by atoms with Crippen molar-refractivity contribution in [2.45, 2.75) is 12.5 Å². The van der Waals surface area contributed by atoms with Crippen molar-refractivity contribution in [2.24, 2.45) is 0 Å². The molecule has 0 heterocycles. The van der Waals surface area contributed by atoms with Crippen LogP contribution in [0, 0.1) is 5.82 Å². The van der Waals surface area contributed by atoms with Crippen LogP contribution in [0.25, 0.3) is 0 Å². The van der Waals surface area contributed by atoms with Crippen molar-refractivity contribution in [3.8, 4) is 0 Å². The van der Waals surface area contributed by atoms with Gasteiger partial charge in [-0.25, -0.2) is 4.39 Å². The van der Waals surface area contributed by atoms with Gasteiger partial charge >= 0.3 is 0 Å². The number of aliphatic hydroxyl groups excluding tert-OH is 1. The molecule has 0 radical (unpaired) electrons. The number of benzene rings is 2. The summed E-state index contributed by atoms with van der Waals surface area (Å²) >= 11 is 12.6. The normalized spacial score (nSPS) is 12.5. The van der Waals surface area contributed by atoms with Crippen LogP contribution in [0.2, 0.25) is 5.02 Å². The molecule has 1 N–H and O–H groups in total. The maximum absolute atomic E-state index is 13.3. The average molecular weight is 408 g/mol. The van der Waals surface area contributed by atoms with Crippen molar-refractivity contribution in [2.75, 3.05) is 0 Å². The minimum atomic E-state index is -0.733. The molecule has 1 unspecified atom stereocenters. The fraction of sp³-hybridized carbons (Fsp3) is 0.143. The van der Waals surface area contributed by atoms with Gasteiger partial charge in [0.1, 0.15) is 5.82 Å². The van der Waals surface area contributed by atoms with Gasteiger partial charge in [0.25, 0.3) is 0 Å².